The topological polar surface area (TPSA) is 38.3 Å². The fraction of sp³-hybridized carbons (Fsp3) is 0.562. The van der Waals surface area contributed by atoms with Crippen LogP contribution >= 0.6 is 11.8 Å². The maximum atomic E-state index is 12.0. The molecule has 1 N–H and O–H groups in total. The molecule has 0 bridgehead atoms. The van der Waals surface area contributed by atoms with Crippen LogP contribution in [0.1, 0.15) is 38.8 Å². The van der Waals surface area contributed by atoms with Crippen molar-refractivity contribution < 1.29 is 9.53 Å². The fourth-order valence-corrected chi connectivity index (χ4v) is 3.10. The van der Waals surface area contributed by atoms with Gasteiger partial charge in [0.05, 0.1) is 18.6 Å². The van der Waals surface area contributed by atoms with Gasteiger partial charge < -0.3 is 10.1 Å². The average Bonchev–Trinajstić information content (AvgIpc) is 2.92. The Balaban J connectivity index is 1.91. The number of rotatable bonds is 5. The Bertz CT molecular complexity index is 438. The highest BCUT2D eigenvalue weighted by Gasteiger charge is 2.24. The Labute approximate surface area is 125 Å². The summed E-state index contributed by atoms with van der Waals surface area (Å²) < 4.78 is 5.25. The first-order valence-electron chi connectivity index (χ1n) is 7.21. The van der Waals surface area contributed by atoms with Crippen molar-refractivity contribution in [2.75, 3.05) is 13.2 Å². The molecule has 4 heteroatoms. The number of carbonyl (C=O) groups is 1. The molecule has 1 amide bonds. The molecule has 110 valence electrons. The van der Waals surface area contributed by atoms with E-state index in [1.165, 1.54) is 4.90 Å². The number of thioether (sulfide) groups is 1. The second-order valence-electron chi connectivity index (χ2n) is 5.53. The fourth-order valence-electron chi connectivity index (χ4n) is 2.26. The molecule has 1 aromatic rings. The number of hydrogen-bond acceptors (Lipinski definition) is 3. The van der Waals surface area contributed by atoms with Gasteiger partial charge in [-0.05, 0) is 31.0 Å². The number of ether oxygens (including phenoxy) is 1. The number of nitrogens with one attached hydrogen (secondary N) is 1. The van der Waals surface area contributed by atoms with Gasteiger partial charge in [0.2, 0.25) is 5.91 Å². The van der Waals surface area contributed by atoms with E-state index in [9.17, 15) is 4.79 Å². The summed E-state index contributed by atoms with van der Waals surface area (Å²) in [7, 11) is 0. The minimum atomic E-state index is 0.0215. The lowest BCUT2D eigenvalue weighted by Crippen LogP contribution is -2.33. The number of carbonyl (C=O) groups excluding carboxylic acids is 1. The summed E-state index contributed by atoms with van der Waals surface area (Å²) in [5, 5.41) is 3.66. The summed E-state index contributed by atoms with van der Waals surface area (Å²) in [6, 6.07) is 8.49. The van der Waals surface area contributed by atoms with Gasteiger partial charge in [-0.25, -0.2) is 0 Å². The van der Waals surface area contributed by atoms with Crippen LogP contribution in [0.2, 0.25) is 0 Å². The molecule has 1 aromatic carbocycles. The van der Waals surface area contributed by atoms with E-state index in [4.69, 9.17) is 4.74 Å². The van der Waals surface area contributed by atoms with Crippen LogP contribution in [0.3, 0.4) is 0 Å². The zero-order valence-corrected chi connectivity index (χ0v) is 13.2. The zero-order valence-electron chi connectivity index (χ0n) is 12.4. The third-order valence-corrected chi connectivity index (χ3v) is 4.43. The summed E-state index contributed by atoms with van der Waals surface area (Å²) in [5.41, 5.74) is 1.14. The molecule has 1 aliphatic rings. The molecule has 1 aliphatic heterocycles. The SMILES string of the molecule is CC(C)Sc1ccc([C@H](C)NC(=O)[C@@H]2CCOC2)cc1. The molecule has 20 heavy (non-hydrogen) atoms. The highest BCUT2D eigenvalue weighted by Crippen LogP contribution is 2.24. The van der Waals surface area contributed by atoms with Crippen molar-refractivity contribution in [3.8, 4) is 0 Å². The van der Waals surface area contributed by atoms with Crippen LogP contribution in [0.5, 0.6) is 0 Å². The largest absolute Gasteiger partial charge is 0.381 e. The maximum absolute atomic E-state index is 12.0. The van der Waals surface area contributed by atoms with Crippen LogP contribution in [0.15, 0.2) is 29.2 Å². The van der Waals surface area contributed by atoms with Gasteiger partial charge in [-0.2, -0.15) is 0 Å². The molecular formula is C16H23NO2S. The van der Waals surface area contributed by atoms with E-state index >= 15 is 0 Å². The van der Waals surface area contributed by atoms with E-state index in [2.05, 4.69) is 43.4 Å². The number of amides is 1. The third-order valence-electron chi connectivity index (χ3n) is 3.41. The molecule has 1 saturated heterocycles. The monoisotopic (exact) mass is 293 g/mol. The summed E-state index contributed by atoms with van der Waals surface area (Å²) in [4.78, 5) is 13.3. The first kappa shape index (κ1) is 15.4. The van der Waals surface area contributed by atoms with E-state index in [0.717, 1.165) is 12.0 Å². The van der Waals surface area contributed by atoms with E-state index in [1.807, 2.05) is 18.7 Å². The molecule has 1 heterocycles. The van der Waals surface area contributed by atoms with Crippen molar-refractivity contribution in [1.29, 1.82) is 0 Å². The Kier molecular flexibility index (Phi) is 5.49. The summed E-state index contributed by atoms with van der Waals surface area (Å²) in [6.07, 6.45) is 0.836. The summed E-state index contributed by atoms with van der Waals surface area (Å²) in [6.45, 7) is 7.66. The quantitative estimate of drug-likeness (QED) is 0.846. The van der Waals surface area contributed by atoms with Crippen molar-refractivity contribution >= 4 is 17.7 Å². The van der Waals surface area contributed by atoms with Gasteiger partial charge in [0.1, 0.15) is 0 Å². The molecule has 0 aliphatic carbocycles. The van der Waals surface area contributed by atoms with Gasteiger partial charge in [0, 0.05) is 16.8 Å². The first-order chi connectivity index (χ1) is 9.56. The van der Waals surface area contributed by atoms with Gasteiger partial charge in [0.15, 0.2) is 0 Å². The van der Waals surface area contributed by atoms with Crippen molar-refractivity contribution in [2.24, 2.45) is 5.92 Å². The summed E-state index contributed by atoms with van der Waals surface area (Å²) >= 11 is 1.85. The zero-order chi connectivity index (χ0) is 14.5. The Morgan fingerprint density at radius 2 is 2.00 bits per heavy atom. The normalized spacial score (nSPS) is 20.1. The summed E-state index contributed by atoms with van der Waals surface area (Å²) in [5.74, 6) is 0.129. The van der Waals surface area contributed by atoms with Crippen LogP contribution in [-0.4, -0.2) is 24.4 Å². The van der Waals surface area contributed by atoms with E-state index in [0.29, 0.717) is 18.5 Å². The lowest BCUT2D eigenvalue weighted by Gasteiger charge is -2.17. The Hall–Kier alpha value is -1.00. The third kappa shape index (κ3) is 4.25. The smallest absolute Gasteiger partial charge is 0.225 e. The standard InChI is InChI=1S/C16H23NO2S/c1-11(2)20-15-6-4-13(5-7-15)12(3)17-16(18)14-8-9-19-10-14/h4-7,11-12,14H,8-10H2,1-3H3,(H,17,18)/t12-,14+/m0/s1. The highest BCUT2D eigenvalue weighted by atomic mass is 32.2. The van der Waals surface area contributed by atoms with Gasteiger partial charge in [-0.15, -0.1) is 11.8 Å². The lowest BCUT2D eigenvalue weighted by atomic mass is 10.1. The van der Waals surface area contributed by atoms with Crippen LogP contribution in [0, 0.1) is 5.92 Å². The Morgan fingerprint density at radius 3 is 2.55 bits per heavy atom. The van der Waals surface area contributed by atoms with Crippen LogP contribution in [0.4, 0.5) is 0 Å². The minimum absolute atomic E-state index is 0.0215. The predicted molar refractivity (Wildman–Crippen MR) is 82.9 cm³/mol. The molecule has 0 spiro atoms. The van der Waals surface area contributed by atoms with E-state index in [-0.39, 0.29) is 17.9 Å². The molecule has 0 unspecified atom stereocenters. The molecule has 0 saturated carbocycles. The van der Waals surface area contributed by atoms with Crippen molar-refractivity contribution in [1.82, 2.24) is 5.32 Å². The van der Waals surface area contributed by atoms with Gasteiger partial charge in [0.25, 0.3) is 0 Å². The van der Waals surface area contributed by atoms with Crippen molar-refractivity contribution in [3.63, 3.8) is 0 Å². The average molecular weight is 293 g/mol. The van der Waals surface area contributed by atoms with Crippen molar-refractivity contribution in [2.45, 2.75) is 43.4 Å². The lowest BCUT2D eigenvalue weighted by molar-refractivity contribution is -0.125. The highest BCUT2D eigenvalue weighted by molar-refractivity contribution is 7.99. The van der Waals surface area contributed by atoms with Crippen LogP contribution in [0.25, 0.3) is 0 Å². The minimum Gasteiger partial charge on any atom is -0.381 e. The molecular weight excluding hydrogens is 270 g/mol. The maximum Gasteiger partial charge on any atom is 0.225 e. The van der Waals surface area contributed by atoms with Crippen LogP contribution in [-0.2, 0) is 9.53 Å². The molecule has 1 fully saturated rings. The number of hydrogen-bond donors (Lipinski definition) is 1. The second kappa shape index (κ2) is 7.14. The second-order valence-corrected chi connectivity index (χ2v) is 7.18. The van der Waals surface area contributed by atoms with Gasteiger partial charge in [-0.1, -0.05) is 26.0 Å². The number of benzene rings is 1. The van der Waals surface area contributed by atoms with Gasteiger partial charge in [-0.3, -0.25) is 4.79 Å². The van der Waals surface area contributed by atoms with Crippen LogP contribution < -0.4 is 5.32 Å². The molecule has 2 atom stereocenters. The molecule has 0 aromatic heterocycles. The molecule has 3 nitrogen and oxygen atoms in total. The Morgan fingerprint density at radius 1 is 1.30 bits per heavy atom. The predicted octanol–water partition coefficient (Wildman–Crippen LogP) is 3.40. The first-order valence-corrected chi connectivity index (χ1v) is 8.09. The van der Waals surface area contributed by atoms with E-state index < -0.39 is 0 Å². The van der Waals surface area contributed by atoms with Gasteiger partial charge >= 0.3 is 0 Å². The van der Waals surface area contributed by atoms with E-state index in [1.54, 1.807) is 0 Å². The molecule has 2 rings (SSSR count). The molecule has 0 radical (unpaired) electrons. The van der Waals surface area contributed by atoms with Crippen molar-refractivity contribution in [3.05, 3.63) is 29.8 Å².